The van der Waals surface area contributed by atoms with Crippen molar-refractivity contribution in [3.63, 3.8) is 0 Å². The number of nitrogens with one attached hydrogen (secondary N) is 1. The number of pyridine rings is 1. The van der Waals surface area contributed by atoms with Crippen molar-refractivity contribution in [3.8, 4) is 10.6 Å². The highest BCUT2D eigenvalue weighted by Gasteiger charge is 2.26. The number of hydrogen-bond acceptors (Lipinski definition) is 7. The van der Waals surface area contributed by atoms with Gasteiger partial charge in [-0.3, -0.25) is 24.6 Å². The number of rotatable bonds is 6. The van der Waals surface area contributed by atoms with Crippen LogP contribution in [0, 0.1) is 6.92 Å². The van der Waals surface area contributed by atoms with Gasteiger partial charge in [0.2, 0.25) is 0 Å². The molecule has 7 nitrogen and oxygen atoms in total. The summed E-state index contributed by atoms with van der Waals surface area (Å²) in [4.78, 5) is 48.6. The molecule has 36 heavy (non-hydrogen) atoms. The molecule has 0 atom stereocenters. The minimum atomic E-state index is -0.393. The fourth-order valence-electron chi connectivity index (χ4n) is 3.67. The second-order valence-electron chi connectivity index (χ2n) is 7.97. The number of anilines is 1. The van der Waals surface area contributed by atoms with Crippen molar-refractivity contribution >= 4 is 52.0 Å². The van der Waals surface area contributed by atoms with Gasteiger partial charge in [-0.15, -0.1) is 11.3 Å². The summed E-state index contributed by atoms with van der Waals surface area (Å²) in [6.45, 7) is 2.15. The second-order valence-corrected chi connectivity index (χ2v) is 9.99. The Kier molecular flexibility index (Phi) is 6.75. The maximum Gasteiger partial charge on any atom is 0.290 e. The van der Waals surface area contributed by atoms with Crippen molar-refractivity contribution < 1.29 is 14.4 Å². The number of amides is 3. The largest absolute Gasteiger partial charge is 0.290 e. The summed E-state index contributed by atoms with van der Waals surface area (Å²) < 4.78 is 0. The van der Waals surface area contributed by atoms with E-state index in [0.29, 0.717) is 27.8 Å². The zero-order valence-electron chi connectivity index (χ0n) is 19.2. The molecule has 9 heteroatoms. The van der Waals surface area contributed by atoms with Gasteiger partial charge in [0.15, 0.2) is 0 Å². The van der Waals surface area contributed by atoms with E-state index in [1.165, 1.54) is 11.3 Å². The van der Waals surface area contributed by atoms with Crippen molar-refractivity contribution in [1.82, 2.24) is 15.3 Å². The Hall–Kier alpha value is -4.08. The van der Waals surface area contributed by atoms with E-state index in [0.717, 1.165) is 33.5 Å². The number of imide groups is 1. The van der Waals surface area contributed by atoms with E-state index in [4.69, 9.17) is 0 Å². The number of aromatic nitrogens is 2. The fraction of sp³-hybridized carbons (Fsp3) is 0.0741. The van der Waals surface area contributed by atoms with Crippen molar-refractivity contribution in [3.05, 3.63) is 106 Å². The Morgan fingerprint density at radius 3 is 2.42 bits per heavy atom. The van der Waals surface area contributed by atoms with Gasteiger partial charge in [-0.05, 0) is 48.0 Å². The topological polar surface area (TPSA) is 92.3 Å². The molecule has 1 aliphatic heterocycles. The lowest BCUT2D eigenvalue weighted by atomic mass is 10.1. The van der Waals surface area contributed by atoms with Gasteiger partial charge in [0.05, 0.1) is 17.1 Å². The molecule has 0 unspecified atom stereocenters. The molecule has 1 fully saturated rings. The van der Waals surface area contributed by atoms with Crippen LogP contribution in [-0.2, 0) is 11.3 Å². The van der Waals surface area contributed by atoms with Gasteiger partial charge in [-0.2, -0.15) is 0 Å². The Bertz CT molecular complexity index is 1470. The zero-order valence-corrected chi connectivity index (χ0v) is 20.8. The minimum absolute atomic E-state index is 0.172. The van der Waals surface area contributed by atoms with E-state index < -0.39 is 5.91 Å². The van der Waals surface area contributed by atoms with E-state index in [1.54, 1.807) is 23.2 Å². The van der Waals surface area contributed by atoms with Crippen molar-refractivity contribution in [2.24, 2.45) is 0 Å². The third kappa shape index (κ3) is 5.12. The molecular weight excluding hydrogens is 492 g/mol. The van der Waals surface area contributed by atoms with Gasteiger partial charge >= 0.3 is 0 Å². The lowest BCUT2D eigenvalue weighted by molar-refractivity contribution is -0.115. The van der Waals surface area contributed by atoms with E-state index >= 15 is 0 Å². The van der Waals surface area contributed by atoms with Crippen molar-refractivity contribution in [2.75, 3.05) is 4.90 Å². The third-order valence-corrected chi connectivity index (χ3v) is 7.45. The van der Waals surface area contributed by atoms with Crippen LogP contribution in [0.2, 0.25) is 0 Å². The molecule has 0 radical (unpaired) electrons. The molecule has 2 aromatic heterocycles. The van der Waals surface area contributed by atoms with Crippen LogP contribution in [0.5, 0.6) is 0 Å². The molecule has 1 aliphatic rings. The van der Waals surface area contributed by atoms with Crippen LogP contribution in [0.15, 0.2) is 83.9 Å². The summed E-state index contributed by atoms with van der Waals surface area (Å²) in [6.07, 6.45) is 3.33. The van der Waals surface area contributed by atoms with Crippen LogP contribution in [-0.4, -0.2) is 27.0 Å². The fourth-order valence-corrected chi connectivity index (χ4v) is 5.37. The molecule has 0 saturated carbocycles. The number of nitrogens with zero attached hydrogens (tertiary/aromatic N) is 3. The van der Waals surface area contributed by atoms with E-state index in [-0.39, 0.29) is 11.1 Å². The van der Waals surface area contributed by atoms with Crippen LogP contribution >= 0.6 is 23.1 Å². The van der Waals surface area contributed by atoms with Gasteiger partial charge in [0.1, 0.15) is 15.7 Å². The smallest absolute Gasteiger partial charge is 0.287 e. The molecular formula is C27H20N4O3S2. The summed E-state index contributed by atoms with van der Waals surface area (Å²) in [5, 5.41) is 2.67. The summed E-state index contributed by atoms with van der Waals surface area (Å²) in [5.74, 6) is -0.0225. The first-order valence-electron chi connectivity index (χ1n) is 11.1. The van der Waals surface area contributed by atoms with E-state index in [1.807, 2.05) is 73.7 Å². The highest BCUT2D eigenvalue weighted by molar-refractivity contribution is 8.18. The Morgan fingerprint density at radius 1 is 1.00 bits per heavy atom. The Morgan fingerprint density at radius 2 is 1.75 bits per heavy atom. The molecule has 5 rings (SSSR count). The van der Waals surface area contributed by atoms with Gasteiger partial charge in [0, 0.05) is 11.8 Å². The number of benzene rings is 2. The number of aryl methyl sites for hydroxylation is 1. The molecule has 0 aliphatic carbocycles. The van der Waals surface area contributed by atoms with Crippen molar-refractivity contribution in [2.45, 2.75) is 13.5 Å². The maximum atomic E-state index is 13.7. The molecule has 0 spiro atoms. The predicted molar refractivity (Wildman–Crippen MR) is 143 cm³/mol. The van der Waals surface area contributed by atoms with Crippen molar-refractivity contribution in [1.29, 1.82) is 0 Å². The Labute approximate surface area is 215 Å². The van der Waals surface area contributed by atoms with Crippen LogP contribution in [0.3, 0.4) is 0 Å². The molecule has 4 aromatic rings. The molecule has 178 valence electrons. The van der Waals surface area contributed by atoms with Gasteiger partial charge < -0.3 is 0 Å². The normalized spacial score (nSPS) is 14.2. The SMILES string of the molecule is Cc1nc(-c2ccccc2)sc1C(=O)N(Cc1ccc(/C=C2/SC(=O)NC2=O)cc1)c1ccccn1. The average Bonchev–Trinajstić information content (AvgIpc) is 3.44. The Balaban J connectivity index is 1.42. The van der Waals surface area contributed by atoms with Crippen LogP contribution in [0.1, 0.15) is 26.5 Å². The number of hydrogen-bond donors (Lipinski definition) is 1. The lowest BCUT2D eigenvalue weighted by Crippen LogP contribution is -2.31. The maximum absolute atomic E-state index is 13.7. The summed E-state index contributed by atoms with van der Waals surface area (Å²) in [7, 11) is 0. The van der Waals surface area contributed by atoms with E-state index in [9.17, 15) is 14.4 Å². The zero-order chi connectivity index (χ0) is 25.1. The standard InChI is InChI=1S/C27H20N4O3S2/c1-17-23(36-25(29-17)20-7-3-2-4-8-20)26(33)31(22-9-5-6-14-28-22)16-19-12-10-18(11-13-19)15-21-24(32)30-27(34)35-21/h2-15H,16H2,1H3,(H,30,32,34)/b21-15+. The molecule has 3 heterocycles. The monoisotopic (exact) mass is 512 g/mol. The second kappa shape index (κ2) is 10.3. The number of thioether (sulfide) groups is 1. The lowest BCUT2D eigenvalue weighted by Gasteiger charge is -2.21. The molecule has 3 amide bonds. The summed E-state index contributed by atoms with van der Waals surface area (Å²) in [5.41, 5.74) is 3.32. The highest BCUT2D eigenvalue weighted by Crippen LogP contribution is 2.30. The average molecular weight is 513 g/mol. The van der Waals surface area contributed by atoms with E-state index in [2.05, 4.69) is 15.3 Å². The van der Waals surface area contributed by atoms with Crippen LogP contribution in [0.4, 0.5) is 10.6 Å². The molecule has 0 bridgehead atoms. The number of carbonyl (C=O) groups excluding carboxylic acids is 3. The first-order valence-corrected chi connectivity index (χ1v) is 12.7. The highest BCUT2D eigenvalue weighted by atomic mass is 32.2. The number of thiazole rings is 1. The van der Waals surface area contributed by atoms with Crippen LogP contribution < -0.4 is 10.2 Å². The van der Waals surface area contributed by atoms with Gasteiger partial charge in [-0.25, -0.2) is 9.97 Å². The molecule has 1 N–H and O–H groups in total. The first kappa shape index (κ1) is 23.7. The van der Waals surface area contributed by atoms with Gasteiger partial charge in [0.25, 0.3) is 17.1 Å². The first-order chi connectivity index (χ1) is 17.5. The summed E-state index contributed by atoms with van der Waals surface area (Å²) >= 11 is 2.25. The minimum Gasteiger partial charge on any atom is -0.287 e. The molecule has 1 saturated heterocycles. The quantitative estimate of drug-likeness (QED) is 0.334. The van der Waals surface area contributed by atoms with Crippen LogP contribution in [0.25, 0.3) is 16.6 Å². The summed E-state index contributed by atoms with van der Waals surface area (Å²) in [6, 6.07) is 22.7. The third-order valence-electron chi connectivity index (χ3n) is 5.44. The number of carbonyl (C=O) groups is 3. The predicted octanol–water partition coefficient (Wildman–Crippen LogP) is 5.68. The van der Waals surface area contributed by atoms with Gasteiger partial charge in [-0.1, -0.05) is 60.7 Å². The molecule has 2 aromatic carbocycles.